The van der Waals surface area contributed by atoms with Crippen LogP contribution in [-0.2, 0) is 17.1 Å². The third-order valence-corrected chi connectivity index (χ3v) is 4.43. The van der Waals surface area contributed by atoms with E-state index in [1.165, 1.54) is 15.2 Å². The smallest absolute Gasteiger partial charge is 0.248 e. The SMILES string of the molecule is CC(C)CN(CC(C)C)S(=O)(=O)c1cn(C)nc1N. The van der Waals surface area contributed by atoms with E-state index in [4.69, 9.17) is 5.73 Å². The van der Waals surface area contributed by atoms with Gasteiger partial charge in [0.15, 0.2) is 5.82 Å². The second kappa shape index (κ2) is 5.92. The fourth-order valence-corrected chi connectivity index (χ4v) is 3.76. The molecule has 0 spiro atoms. The van der Waals surface area contributed by atoms with Gasteiger partial charge in [0.1, 0.15) is 4.90 Å². The number of anilines is 1. The highest BCUT2D eigenvalue weighted by atomic mass is 32.2. The van der Waals surface area contributed by atoms with Gasteiger partial charge in [-0.25, -0.2) is 8.42 Å². The largest absolute Gasteiger partial charge is 0.381 e. The van der Waals surface area contributed by atoms with Crippen LogP contribution in [0.3, 0.4) is 0 Å². The van der Waals surface area contributed by atoms with Crippen molar-refractivity contribution in [1.29, 1.82) is 0 Å². The van der Waals surface area contributed by atoms with Crippen molar-refractivity contribution in [2.75, 3.05) is 18.8 Å². The number of aromatic nitrogens is 2. The molecule has 2 N–H and O–H groups in total. The number of sulfonamides is 1. The van der Waals surface area contributed by atoms with Gasteiger partial charge in [-0.15, -0.1) is 0 Å². The fraction of sp³-hybridized carbons (Fsp3) is 0.750. The first kappa shape index (κ1) is 16.0. The van der Waals surface area contributed by atoms with Crippen LogP contribution in [0.4, 0.5) is 5.82 Å². The van der Waals surface area contributed by atoms with E-state index in [0.29, 0.717) is 13.1 Å². The first-order valence-corrected chi connectivity index (χ1v) is 7.87. The monoisotopic (exact) mass is 288 g/mol. The molecule has 1 rings (SSSR count). The minimum absolute atomic E-state index is 0.0556. The Kier molecular flexibility index (Phi) is 4.98. The lowest BCUT2D eigenvalue weighted by Gasteiger charge is -2.25. The minimum atomic E-state index is -3.58. The van der Waals surface area contributed by atoms with Crippen molar-refractivity contribution in [2.45, 2.75) is 32.6 Å². The summed E-state index contributed by atoms with van der Waals surface area (Å²) < 4.78 is 28.2. The summed E-state index contributed by atoms with van der Waals surface area (Å²) in [7, 11) is -1.92. The number of nitrogen functional groups attached to an aromatic ring is 1. The molecule has 6 nitrogen and oxygen atoms in total. The van der Waals surface area contributed by atoms with Gasteiger partial charge in [-0.05, 0) is 11.8 Å². The van der Waals surface area contributed by atoms with Gasteiger partial charge in [0.05, 0.1) is 0 Å². The van der Waals surface area contributed by atoms with E-state index in [0.717, 1.165) is 0 Å². The quantitative estimate of drug-likeness (QED) is 0.855. The van der Waals surface area contributed by atoms with Gasteiger partial charge in [0.2, 0.25) is 10.0 Å². The van der Waals surface area contributed by atoms with Crippen LogP contribution in [0.5, 0.6) is 0 Å². The van der Waals surface area contributed by atoms with E-state index in [1.807, 2.05) is 27.7 Å². The van der Waals surface area contributed by atoms with Crippen molar-refractivity contribution < 1.29 is 8.42 Å². The van der Waals surface area contributed by atoms with E-state index in [-0.39, 0.29) is 22.5 Å². The predicted octanol–water partition coefficient (Wildman–Crippen LogP) is 1.31. The molecule has 7 heteroatoms. The maximum Gasteiger partial charge on any atom is 0.248 e. The Hall–Kier alpha value is -1.08. The van der Waals surface area contributed by atoms with Crippen molar-refractivity contribution >= 4 is 15.8 Å². The summed E-state index contributed by atoms with van der Waals surface area (Å²) in [5.41, 5.74) is 5.69. The van der Waals surface area contributed by atoms with Crippen molar-refractivity contribution in [3.05, 3.63) is 6.20 Å². The molecule has 0 bridgehead atoms. The van der Waals surface area contributed by atoms with Crippen LogP contribution in [0.25, 0.3) is 0 Å². The molecule has 0 radical (unpaired) electrons. The molecule has 0 atom stereocenters. The van der Waals surface area contributed by atoms with Crippen molar-refractivity contribution in [3.8, 4) is 0 Å². The molecule has 1 heterocycles. The lowest BCUT2D eigenvalue weighted by Crippen LogP contribution is -2.37. The standard InChI is InChI=1S/C12H24N4O2S/c1-9(2)6-16(7-10(3)4)19(17,18)11-8-15(5)14-12(11)13/h8-10H,6-7H2,1-5H3,(H2,13,14). The number of hydrogen-bond donors (Lipinski definition) is 1. The number of nitrogens with zero attached hydrogens (tertiary/aromatic N) is 3. The fourth-order valence-electron chi connectivity index (χ4n) is 1.91. The van der Waals surface area contributed by atoms with E-state index in [9.17, 15) is 8.42 Å². The molecule has 0 saturated heterocycles. The van der Waals surface area contributed by atoms with Crippen LogP contribution < -0.4 is 5.73 Å². The van der Waals surface area contributed by atoms with Crippen LogP contribution in [0.1, 0.15) is 27.7 Å². The van der Waals surface area contributed by atoms with Crippen LogP contribution in [-0.4, -0.2) is 35.6 Å². The third kappa shape index (κ3) is 3.94. The zero-order valence-electron chi connectivity index (χ0n) is 12.3. The van der Waals surface area contributed by atoms with E-state index in [2.05, 4.69) is 5.10 Å². The van der Waals surface area contributed by atoms with Crippen LogP contribution in [0.2, 0.25) is 0 Å². The summed E-state index contributed by atoms with van der Waals surface area (Å²) in [6.07, 6.45) is 1.46. The molecule has 0 aromatic carbocycles. The number of nitrogens with two attached hydrogens (primary N) is 1. The normalized spacial score (nSPS) is 12.8. The Morgan fingerprint density at radius 3 is 2.05 bits per heavy atom. The van der Waals surface area contributed by atoms with Crippen LogP contribution >= 0.6 is 0 Å². The minimum Gasteiger partial charge on any atom is -0.381 e. The molecule has 110 valence electrons. The lowest BCUT2D eigenvalue weighted by atomic mass is 10.2. The Morgan fingerprint density at radius 2 is 1.74 bits per heavy atom. The summed E-state index contributed by atoms with van der Waals surface area (Å²) >= 11 is 0. The molecular formula is C12H24N4O2S. The second-order valence-electron chi connectivity index (χ2n) is 5.66. The highest BCUT2D eigenvalue weighted by molar-refractivity contribution is 7.89. The number of rotatable bonds is 6. The van der Waals surface area contributed by atoms with E-state index >= 15 is 0 Å². The summed E-state index contributed by atoms with van der Waals surface area (Å²) in [4.78, 5) is 0.0938. The molecule has 0 aliphatic heterocycles. The zero-order valence-corrected chi connectivity index (χ0v) is 13.1. The van der Waals surface area contributed by atoms with Gasteiger partial charge >= 0.3 is 0 Å². The molecule has 0 amide bonds. The van der Waals surface area contributed by atoms with Crippen molar-refractivity contribution in [3.63, 3.8) is 0 Å². The highest BCUT2D eigenvalue weighted by Crippen LogP contribution is 2.22. The Labute approximate surface area is 115 Å². The molecular weight excluding hydrogens is 264 g/mol. The van der Waals surface area contributed by atoms with Gasteiger partial charge < -0.3 is 5.73 Å². The van der Waals surface area contributed by atoms with Gasteiger partial charge in [-0.3, -0.25) is 4.68 Å². The number of hydrogen-bond acceptors (Lipinski definition) is 4. The summed E-state index contributed by atoms with van der Waals surface area (Å²) in [5, 5.41) is 3.91. The van der Waals surface area contributed by atoms with Gasteiger partial charge in [0, 0.05) is 26.3 Å². The summed E-state index contributed by atoms with van der Waals surface area (Å²) in [6, 6.07) is 0. The molecule has 0 fully saturated rings. The Balaban J connectivity index is 3.15. The zero-order chi connectivity index (χ0) is 14.8. The second-order valence-corrected chi connectivity index (χ2v) is 7.57. The van der Waals surface area contributed by atoms with Crippen LogP contribution in [0, 0.1) is 11.8 Å². The summed E-state index contributed by atoms with van der Waals surface area (Å²) in [5.74, 6) is 0.567. The lowest BCUT2D eigenvalue weighted by molar-refractivity contribution is 0.333. The van der Waals surface area contributed by atoms with Gasteiger partial charge in [0.25, 0.3) is 0 Å². The maximum atomic E-state index is 12.6. The third-order valence-electron chi connectivity index (χ3n) is 2.58. The van der Waals surface area contributed by atoms with Crippen molar-refractivity contribution in [2.24, 2.45) is 18.9 Å². The molecule has 0 aliphatic rings. The van der Waals surface area contributed by atoms with E-state index in [1.54, 1.807) is 7.05 Å². The van der Waals surface area contributed by atoms with Gasteiger partial charge in [-0.1, -0.05) is 27.7 Å². The molecule has 1 aromatic rings. The maximum absolute atomic E-state index is 12.6. The average Bonchev–Trinajstić information content (AvgIpc) is 2.56. The number of aryl methyl sites for hydroxylation is 1. The van der Waals surface area contributed by atoms with Crippen LogP contribution in [0.15, 0.2) is 11.1 Å². The van der Waals surface area contributed by atoms with Gasteiger partial charge in [-0.2, -0.15) is 9.40 Å². The Bertz CT molecular complexity index is 510. The molecule has 0 unspecified atom stereocenters. The van der Waals surface area contributed by atoms with E-state index < -0.39 is 10.0 Å². The molecule has 1 aromatic heterocycles. The first-order chi connectivity index (χ1) is 8.64. The molecule has 0 saturated carbocycles. The van der Waals surface area contributed by atoms with Crippen molar-refractivity contribution in [1.82, 2.24) is 14.1 Å². The average molecular weight is 288 g/mol. The predicted molar refractivity (Wildman–Crippen MR) is 76.1 cm³/mol. The highest BCUT2D eigenvalue weighted by Gasteiger charge is 2.29. The molecule has 0 aliphatic carbocycles. The topological polar surface area (TPSA) is 81.2 Å². The Morgan fingerprint density at radius 1 is 1.26 bits per heavy atom. The summed E-state index contributed by atoms with van der Waals surface area (Å²) in [6.45, 7) is 8.94. The first-order valence-electron chi connectivity index (χ1n) is 6.43. The molecule has 19 heavy (non-hydrogen) atoms.